The van der Waals surface area contributed by atoms with Gasteiger partial charge in [-0.15, -0.1) is 24.0 Å². The fourth-order valence-corrected chi connectivity index (χ4v) is 2.43. The van der Waals surface area contributed by atoms with Crippen molar-refractivity contribution >= 4 is 35.6 Å². The lowest BCUT2D eigenvalue weighted by Crippen LogP contribution is -2.22. The van der Waals surface area contributed by atoms with Crippen LogP contribution in [-0.2, 0) is 6.42 Å². The highest BCUT2D eigenvalue weighted by molar-refractivity contribution is 14.0. The molecule has 0 aliphatic carbocycles. The molecule has 0 atom stereocenters. The minimum atomic E-state index is 0. The van der Waals surface area contributed by atoms with Crippen molar-refractivity contribution in [1.82, 2.24) is 0 Å². The minimum Gasteiger partial charge on any atom is -0.493 e. The molecular weight excluding hydrogens is 429 g/mol. The maximum Gasteiger partial charge on any atom is 0.193 e. The van der Waals surface area contributed by atoms with Crippen molar-refractivity contribution in [2.45, 2.75) is 19.8 Å². The average molecular weight is 455 g/mol. The third kappa shape index (κ3) is 6.81. The van der Waals surface area contributed by atoms with E-state index in [4.69, 9.17) is 15.2 Å². The second-order valence-electron chi connectivity index (χ2n) is 5.55. The predicted octanol–water partition coefficient (Wildman–Crippen LogP) is 3.99. The van der Waals surface area contributed by atoms with Gasteiger partial charge >= 0.3 is 0 Å². The molecule has 0 spiro atoms. The summed E-state index contributed by atoms with van der Waals surface area (Å²) in [6.07, 6.45) is 1.81. The van der Waals surface area contributed by atoms with Crippen LogP contribution in [0.25, 0.3) is 0 Å². The number of hydrogen-bond donors (Lipinski definition) is 2. The Morgan fingerprint density at radius 1 is 1.08 bits per heavy atom. The Morgan fingerprint density at radius 3 is 2.52 bits per heavy atom. The number of aryl methyl sites for hydroxylation is 2. The molecule has 25 heavy (non-hydrogen) atoms. The fraction of sp³-hybridized carbons (Fsp3) is 0.316. The number of nitrogens with zero attached hydrogens (tertiary/aromatic N) is 1. The highest BCUT2D eigenvalue weighted by atomic mass is 127. The van der Waals surface area contributed by atoms with Gasteiger partial charge in [-0.2, -0.15) is 0 Å². The van der Waals surface area contributed by atoms with Crippen LogP contribution in [0.4, 0.5) is 5.69 Å². The summed E-state index contributed by atoms with van der Waals surface area (Å²) in [6, 6.07) is 14.0. The third-order valence-corrected chi connectivity index (χ3v) is 3.64. The molecule has 0 unspecified atom stereocenters. The van der Waals surface area contributed by atoms with E-state index in [-0.39, 0.29) is 24.0 Å². The zero-order valence-corrected chi connectivity index (χ0v) is 17.2. The van der Waals surface area contributed by atoms with Gasteiger partial charge in [0.15, 0.2) is 17.5 Å². The highest BCUT2D eigenvalue weighted by Crippen LogP contribution is 2.27. The maximum absolute atomic E-state index is 5.92. The van der Waals surface area contributed by atoms with Crippen molar-refractivity contribution in [3.8, 4) is 11.5 Å². The Morgan fingerprint density at radius 2 is 1.84 bits per heavy atom. The summed E-state index contributed by atoms with van der Waals surface area (Å²) in [4.78, 5) is 4.37. The smallest absolute Gasteiger partial charge is 0.193 e. The number of nitrogens with one attached hydrogen (secondary N) is 1. The Kier molecular flexibility index (Phi) is 9.12. The van der Waals surface area contributed by atoms with Crippen LogP contribution in [0.3, 0.4) is 0 Å². The Hall–Kier alpha value is -1.96. The summed E-state index contributed by atoms with van der Waals surface area (Å²) in [5.41, 5.74) is 9.25. The number of hydrogen-bond acceptors (Lipinski definition) is 3. The summed E-state index contributed by atoms with van der Waals surface area (Å²) in [5.74, 6) is 1.93. The van der Waals surface area contributed by atoms with Crippen molar-refractivity contribution in [3.05, 3.63) is 53.6 Å². The monoisotopic (exact) mass is 455 g/mol. The summed E-state index contributed by atoms with van der Waals surface area (Å²) in [6.45, 7) is 2.71. The number of nitrogens with two attached hydrogens (primary N) is 1. The number of halogens is 1. The molecule has 0 saturated carbocycles. The van der Waals surface area contributed by atoms with Gasteiger partial charge in [0.2, 0.25) is 0 Å². The molecule has 3 N–H and O–H groups in total. The Balaban J connectivity index is 0.00000312. The van der Waals surface area contributed by atoms with Crippen molar-refractivity contribution in [1.29, 1.82) is 0 Å². The van der Waals surface area contributed by atoms with E-state index >= 15 is 0 Å². The molecule has 136 valence electrons. The van der Waals surface area contributed by atoms with Crippen LogP contribution in [0, 0.1) is 6.92 Å². The summed E-state index contributed by atoms with van der Waals surface area (Å²) < 4.78 is 10.6. The molecule has 6 heteroatoms. The number of aliphatic imine (C=N–C) groups is 1. The first-order valence-corrected chi connectivity index (χ1v) is 7.97. The normalized spacial score (nSPS) is 10.8. The van der Waals surface area contributed by atoms with Crippen molar-refractivity contribution in [2.24, 2.45) is 10.7 Å². The molecule has 0 radical (unpaired) electrons. The molecule has 0 aliphatic heterocycles. The molecule has 2 aromatic carbocycles. The van der Waals surface area contributed by atoms with E-state index in [1.165, 1.54) is 11.1 Å². The van der Waals surface area contributed by atoms with Gasteiger partial charge in [-0.1, -0.05) is 18.2 Å². The zero-order chi connectivity index (χ0) is 17.4. The van der Waals surface area contributed by atoms with Crippen LogP contribution in [0.2, 0.25) is 0 Å². The summed E-state index contributed by atoms with van der Waals surface area (Å²) >= 11 is 0. The lowest BCUT2D eigenvalue weighted by molar-refractivity contribution is 0.354. The van der Waals surface area contributed by atoms with Crippen LogP contribution in [-0.4, -0.2) is 26.7 Å². The van der Waals surface area contributed by atoms with Crippen molar-refractivity contribution in [3.63, 3.8) is 0 Å². The van der Waals surface area contributed by atoms with Gasteiger partial charge in [-0.25, -0.2) is 0 Å². The standard InChI is InChI=1S/C19H25N3O2.HI/c1-14-6-4-8-16(12-14)22-19(20)21-11-5-7-15-9-10-17(23-2)18(13-15)24-3;/h4,6,8-10,12-13H,5,7,11H2,1-3H3,(H3,20,21,22);1H. The van der Waals surface area contributed by atoms with Gasteiger partial charge in [0.05, 0.1) is 14.2 Å². The second-order valence-corrected chi connectivity index (χ2v) is 5.55. The van der Waals surface area contributed by atoms with Gasteiger partial charge in [-0.05, 0) is 55.2 Å². The van der Waals surface area contributed by atoms with E-state index in [9.17, 15) is 0 Å². The van der Waals surface area contributed by atoms with Crippen LogP contribution in [0.5, 0.6) is 11.5 Å². The van der Waals surface area contributed by atoms with E-state index in [2.05, 4.69) is 10.3 Å². The molecule has 0 saturated heterocycles. The SMILES string of the molecule is COc1ccc(CCCN=C(N)Nc2cccc(C)c2)cc1OC.I. The lowest BCUT2D eigenvalue weighted by atomic mass is 10.1. The molecule has 0 heterocycles. The number of anilines is 1. The first kappa shape index (κ1) is 21.1. The zero-order valence-electron chi connectivity index (χ0n) is 14.9. The number of methoxy groups -OCH3 is 2. The number of rotatable bonds is 7. The van der Waals surface area contributed by atoms with Crippen molar-refractivity contribution < 1.29 is 9.47 Å². The predicted molar refractivity (Wildman–Crippen MR) is 115 cm³/mol. The van der Waals surface area contributed by atoms with Gasteiger partial charge in [0.25, 0.3) is 0 Å². The van der Waals surface area contributed by atoms with E-state index in [0.29, 0.717) is 12.5 Å². The third-order valence-electron chi connectivity index (χ3n) is 3.64. The van der Waals surface area contributed by atoms with E-state index in [1.807, 2.05) is 49.4 Å². The number of benzene rings is 2. The quantitative estimate of drug-likeness (QED) is 0.287. The molecule has 2 rings (SSSR count). The summed E-state index contributed by atoms with van der Waals surface area (Å²) in [7, 11) is 3.28. The maximum atomic E-state index is 5.92. The summed E-state index contributed by atoms with van der Waals surface area (Å²) in [5, 5.41) is 3.11. The minimum absolute atomic E-state index is 0. The molecule has 2 aromatic rings. The molecule has 0 amide bonds. The van der Waals surface area contributed by atoms with Crippen LogP contribution in [0.15, 0.2) is 47.5 Å². The lowest BCUT2D eigenvalue weighted by Gasteiger charge is -2.09. The van der Waals surface area contributed by atoms with E-state index < -0.39 is 0 Å². The van der Waals surface area contributed by atoms with Crippen molar-refractivity contribution in [2.75, 3.05) is 26.1 Å². The number of ether oxygens (including phenoxy) is 2. The molecule has 0 aromatic heterocycles. The fourth-order valence-electron chi connectivity index (χ4n) is 2.43. The van der Waals surface area contributed by atoms with Gasteiger partial charge in [0, 0.05) is 12.2 Å². The Bertz CT molecular complexity index is 705. The van der Waals surface area contributed by atoms with Gasteiger partial charge in [-0.3, -0.25) is 4.99 Å². The first-order valence-electron chi connectivity index (χ1n) is 7.97. The van der Waals surface area contributed by atoms with Gasteiger partial charge < -0.3 is 20.5 Å². The van der Waals surface area contributed by atoms with Gasteiger partial charge in [0.1, 0.15) is 0 Å². The molecule has 0 aliphatic rings. The first-order chi connectivity index (χ1) is 11.6. The molecular formula is C19H26IN3O2. The topological polar surface area (TPSA) is 68.9 Å². The number of guanidine groups is 1. The highest BCUT2D eigenvalue weighted by Gasteiger charge is 2.04. The molecule has 0 fully saturated rings. The average Bonchev–Trinajstić information content (AvgIpc) is 2.58. The molecule has 5 nitrogen and oxygen atoms in total. The molecule has 0 bridgehead atoms. The second kappa shape index (κ2) is 10.8. The van der Waals surface area contributed by atoms with Crippen LogP contribution >= 0.6 is 24.0 Å². The Labute approximate surface area is 166 Å². The van der Waals surface area contributed by atoms with E-state index in [1.54, 1.807) is 14.2 Å². The largest absolute Gasteiger partial charge is 0.493 e. The van der Waals surface area contributed by atoms with Crippen LogP contribution < -0.4 is 20.5 Å². The van der Waals surface area contributed by atoms with Crippen LogP contribution in [0.1, 0.15) is 17.5 Å². The van der Waals surface area contributed by atoms with E-state index in [0.717, 1.165) is 30.0 Å².